The van der Waals surface area contributed by atoms with Gasteiger partial charge in [0, 0.05) is 0 Å². The number of rotatable bonds is 2. The van der Waals surface area contributed by atoms with Crippen molar-refractivity contribution in [3.05, 3.63) is 34.3 Å². The topological polar surface area (TPSA) is 68.8 Å². The summed E-state index contributed by atoms with van der Waals surface area (Å²) >= 11 is 0. The van der Waals surface area contributed by atoms with E-state index in [-0.39, 0.29) is 0 Å². The first-order valence-corrected chi connectivity index (χ1v) is 3.11. The van der Waals surface area contributed by atoms with Crippen LogP contribution in [-0.4, -0.2) is 11.2 Å². The quantitative estimate of drug-likeness (QED) is 0.362. The van der Waals surface area contributed by atoms with Gasteiger partial charge in [-0.05, 0) is 12.1 Å². The van der Waals surface area contributed by atoms with Crippen molar-refractivity contribution in [1.82, 2.24) is 0 Å². The number of hydrogen-bond donors (Lipinski definition) is 0. The molecule has 5 nitrogen and oxygen atoms in total. The summed E-state index contributed by atoms with van der Waals surface area (Å²) in [6, 6.07) is 3.34. The summed E-state index contributed by atoms with van der Waals surface area (Å²) in [5, 5.41) is 10.1. The molecule has 0 aliphatic carbocycles. The van der Waals surface area contributed by atoms with Crippen LogP contribution in [0.25, 0.3) is 0 Å². The second kappa shape index (κ2) is 2.06. The van der Waals surface area contributed by atoms with Gasteiger partial charge in [-0.15, -0.1) is 0 Å². The summed E-state index contributed by atoms with van der Waals surface area (Å²) in [7, 11) is 0. The fourth-order valence-electron chi connectivity index (χ4n) is 0.926. The molecule has 0 bridgehead atoms. The molecule has 0 N–H and O–H groups in total. The van der Waals surface area contributed by atoms with E-state index in [0.717, 1.165) is 0 Å². The standard InChI is InChI=1S/C6H5NO4/c8-7(9)6-5(11-6)4-2-1-3-10-4/h1-3,5-6H/t5-,6-/m0/s1. The number of nitrogens with zero attached hydrogens (tertiary/aromatic N) is 1. The van der Waals surface area contributed by atoms with Gasteiger partial charge in [0.15, 0.2) is 0 Å². The lowest BCUT2D eigenvalue weighted by atomic mass is 10.3. The number of hydrogen-bond acceptors (Lipinski definition) is 4. The highest BCUT2D eigenvalue weighted by atomic mass is 16.7. The maximum atomic E-state index is 10.1. The molecule has 2 rings (SSSR count). The van der Waals surface area contributed by atoms with E-state index in [1.807, 2.05) is 0 Å². The van der Waals surface area contributed by atoms with Crippen molar-refractivity contribution < 1.29 is 14.1 Å². The molecule has 5 heteroatoms. The van der Waals surface area contributed by atoms with Gasteiger partial charge in [0.25, 0.3) is 0 Å². The molecule has 0 unspecified atom stereocenters. The van der Waals surface area contributed by atoms with Crippen LogP contribution in [0.15, 0.2) is 22.8 Å². The highest BCUT2D eigenvalue weighted by Crippen LogP contribution is 2.38. The zero-order chi connectivity index (χ0) is 7.84. The van der Waals surface area contributed by atoms with Crippen LogP contribution in [-0.2, 0) is 4.74 Å². The van der Waals surface area contributed by atoms with Crippen LogP contribution in [0.3, 0.4) is 0 Å². The Bertz CT molecular complexity index is 268. The highest BCUT2D eigenvalue weighted by molar-refractivity contribution is 5.07. The third-order valence-corrected chi connectivity index (χ3v) is 1.50. The second-order valence-corrected chi connectivity index (χ2v) is 2.25. The van der Waals surface area contributed by atoms with Crippen molar-refractivity contribution >= 4 is 0 Å². The predicted octanol–water partition coefficient (Wildman–Crippen LogP) is 0.954. The van der Waals surface area contributed by atoms with E-state index in [0.29, 0.717) is 5.76 Å². The molecule has 1 aliphatic rings. The molecule has 1 aromatic rings. The predicted molar refractivity (Wildman–Crippen MR) is 33.3 cm³/mol. The minimum absolute atomic E-state index is 0.465. The molecule has 58 valence electrons. The fraction of sp³-hybridized carbons (Fsp3) is 0.333. The molecule has 0 amide bonds. The lowest BCUT2D eigenvalue weighted by Gasteiger charge is -1.82. The van der Waals surface area contributed by atoms with Crippen LogP contribution in [0.2, 0.25) is 0 Å². The summed E-state index contributed by atoms with van der Waals surface area (Å²) < 4.78 is 9.64. The number of epoxide rings is 1. The normalized spacial score (nSPS) is 28.4. The third kappa shape index (κ3) is 0.988. The highest BCUT2D eigenvalue weighted by Gasteiger charge is 2.53. The van der Waals surface area contributed by atoms with E-state index in [1.165, 1.54) is 6.26 Å². The largest absolute Gasteiger partial charge is 0.466 e. The monoisotopic (exact) mass is 155 g/mol. The molecule has 2 heterocycles. The Hall–Kier alpha value is -1.36. The lowest BCUT2D eigenvalue weighted by Crippen LogP contribution is -2.02. The van der Waals surface area contributed by atoms with Crippen LogP contribution in [0.4, 0.5) is 0 Å². The van der Waals surface area contributed by atoms with Gasteiger partial charge in [-0.2, -0.15) is 0 Å². The van der Waals surface area contributed by atoms with Gasteiger partial charge in [0.1, 0.15) is 5.76 Å². The molecule has 1 fully saturated rings. The zero-order valence-electron chi connectivity index (χ0n) is 5.47. The summed E-state index contributed by atoms with van der Waals surface area (Å²) in [5.41, 5.74) is 0. The molecule has 0 aromatic carbocycles. The van der Waals surface area contributed by atoms with Crippen molar-refractivity contribution in [3.63, 3.8) is 0 Å². The molecular formula is C6H5NO4. The summed E-state index contributed by atoms with van der Waals surface area (Å²) in [6.07, 6.45) is 0.0924. The molecule has 2 atom stereocenters. The van der Waals surface area contributed by atoms with Gasteiger partial charge in [0.05, 0.1) is 11.2 Å². The summed E-state index contributed by atoms with van der Waals surface area (Å²) in [4.78, 5) is 9.64. The van der Waals surface area contributed by atoms with Crippen LogP contribution in [0.1, 0.15) is 11.9 Å². The number of nitro groups is 1. The van der Waals surface area contributed by atoms with E-state index in [2.05, 4.69) is 0 Å². The van der Waals surface area contributed by atoms with Gasteiger partial charge < -0.3 is 4.42 Å². The van der Waals surface area contributed by atoms with Crippen molar-refractivity contribution in [2.75, 3.05) is 0 Å². The van der Waals surface area contributed by atoms with E-state index < -0.39 is 17.3 Å². The zero-order valence-corrected chi connectivity index (χ0v) is 5.47. The van der Waals surface area contributed by atoms with Gasteiger partial charge >= 0.3 is 6.23 Å². The molecule has 0 spiro atoms. The summed E-state index contributed by atoms with van der Waals surface area (Å²) in [5.74, 6) is 0.520. The minimum Gasteiger partial charge on any atom is -0.466 e. The summed E-state index contributed by atoms with van der Waals surface area (Å²) in [6.45, 7) is 0. The fourth-order valence-corrected chi connectivity index (χ4v) is 0.926. The maximum Gasteiger partial charge on any atom is 0.350 e. The Kier molecular flexibility index (Phi) is 1.19. The van der Waals surface area contributed by atoms with E-state index >= 15 is 0 Å². The third-order valence-electron chi connectivity index (χ3n) is 1.50. The smallest absolute Gasteiger partial charge is 0.350 e. The SMILES string of the molecule is O=[N+]([O-])[C@H]1O[C@H]1c1ccco1. The first-order chi connectivity index (χ1) is 5.29. The molecular weight excluding hydrogens is 150 g/mol. The van der Waals surface area contributed by atoms with E-state index in [4.69, 9.17) is 9.15 Å². The molecule has 0 radical (unpaired) electrons. The molecule has 0 saturated carbocycles. The molecule has 1 saturated heterocycles. The van der Waals surface area contributed by atoms with Gasteiger partial charge in [-0.1, -0.05) is 0 Å². The van der Waals surface area contributed by atoms with Crippen LogP contribution in [0.5, 0.6) is 0 Å². The minimum atomic E-state index is -0.902. The molecule has 11 heavy (non-hydrogen) atoms. The number of ether oxygens (including phenoxy) is 1. The van der Waals surface area contributed by atoms with Crippen molar-refractivity contribution in [3.8, 4) is 0 Å². The van der Waals surface area contributed by atoms with E-state index in [1.54, 1.807) is 12.1 Å². The second-order valence-electron chi connectivity index (χ2n) is 2.25. The van der Waals surface area contributed by atoms with Gasteiger partial charge in [-0.3, -0.25) is 14.9 Å². The Morgan fingerprint density at radius 3 is 2.91 bits per heavy atom. The van der Waals surface area contributed by atoms with Crippen molar-refractivity contribution in [2.24, 2.45) is 0 Å². The van der Waals surface area contributed by atoms with Crippen molar-refractivity contribution in [2.45, 2.75) is 12.3 Å². The Labute approximate surface area is 61.7 Å². The van der Waals surface area contributed by atoms with Gasteiger partial charge in [0.2, 0.25) is 6.10 Å². The van der Waals surface area contributed by atoms with Crippen LogP contribution in [0, 0.1) is 10.1 Å². The van der Waals surface area contributed by atoms with Crippen molar-refractivity contribution in [1.29, 1.82) is 0 Å². The first kappa shape index (κ1) is 6.36. The average Bonchev–Trinajstić information content (AvgIpc) is 2.60. The van der Waals surface area contributed by atoms with E-state index in [9.17, 15) is 10.1 Å². The van der Waals surface area contributed by atoms with Crippen LogP contribution >= 0.6 is 0 Å². The Balaban J connectivity index is 2.08. The average molecular weight is 155 g/mol. The Morgan fingerprint density at radius 1 is 1.64 bits per heavy atom. The molecule has 1 aliphatic heterocycles. The number of furan rings is 1. The first-order valence-electron chi connectivity index (χ1n) is 3.11. The van der Waals surface area contributed by atoms with Crippen LogP contribution < -0.4 is 0 Å². The maximum absolute atomic E-state index is 10.1. The molecule has 1 aromatic heterocycles. The lowest BCUT2D eigenvalue weighted by molar-refractivity contribution is -0.516. The van der Waals surface area contributed by atoms with Gasteiger partial charge in [-0.25, -0.2) is 0 Å². The Morgan fingerprint density at radius 2 is 2.45 bits per heavy atom.